The molecule has 0 aliphatic rings. The molecule has 0 spiro atoms. The van der Waals surface area contributed by atoms with Gasteiger partial charge in [0.05, 0.1) is 19.3 Å². The van der Waals surface area contributed by atoms with E-state index in [-0.39, 0.29) is 11.8 Å². The van der Waals surface area contributed by atoms with Gasteiger partial charge < -0.3 is 9.64 Å². The molecule has 2 aromatic rings. The topological polar surface area (TPSA) is 29.5 Å². The van der Waals surface area contributed by atoms with Crippen LogP contribution in [0.15, 0.2) is 46.9 Å². The molecule has 0 aliphatic heterocycles. The molecule has 0 saturated heterocycles. The third-order valence-corrected chi connectivity index (χ3v) is 4.33. The number of carbonyl (C=O) groups is 1. The van der Waals surface area contributed by atoms with Crippen molar-refractivity contribution in [3.8, 4) is 5.75 Å². The lowest BCUT2D eigenvalue weighted by molar-refractivity contribution is -0.121. The van der Waals surface area contributed by atoms with Gasteiger partial charge in [-0.15, -0.1) is 0 Å². The van der Waals surface area contributed by atoms with E-state index in [1.165, 1.54) is 0 Å². The van der Waals surface area contributed by atoms with Gasteiger partial charge in [-0.25, -0.2) is 0 Å². The van der Waals surface area contributed by atoms with Crippen LogP contribution in [-0.2, 0) is 11.3 Å². The molecular weight excluding hydrogens is 354 g/mol. The minimum Gasteiger partial charge on any atom is -0.496 e. The third kappa shape index (κ3) is 4.14. The smallest absolute Gasteiger partial charge is 0.229 e. The van der Waals surface area contributed by atoms with Crippen molar-refractivity contribution >= 4 is 27.5 Å². The number of amides is 1. The standard InChI is InChI=1S/C19H22BrNO2/c1-13(2)19(22)21(12-15-8-6-5-7-9-15)17-11-18(23-4)14(3)10-16(17)20/h5-11,13H,12H2,1-4H3. The van der Waals surface area contributed by atoms with Crippen molar-refractivity contribution in [3.63, 3.8) is 0 Å². The maximum absolute atomic E-state index is 12.7. The van der Waals surface area contributed by atoms with E-state index in [1.807, 2.05) is 68.1 Å². The Hall–Kier alpha value is -1.81. The number of hydrogen-bond donors (Lipinski definition) is 0. The second-order valence-corrected chi connectivity index (χ2v) is 6.69. The van der Waals surface area contributed by atoms with Crippen molar-refractivity contribution < 1.29 is 9.53 Å². The molecule has 0 radical (unpaired) electrons. The summed E-state index contributed by atoms with van der Waals surface area (Å²) in [6.07, 6.45) is 0. The molecule has 2 rings (SSSR count). The fraction of sp³-hybridized carbons (Fsp3) is 0.316. The molecule has 0 fully saturated rings. The highest BCUT2D eigenvalue weighted by Gasteiger charge is 2.22. The van der Waals surface area contributed by atoms with Crippen molar-refractivity contribution in [1.29, 1.82) is 0 Å². The van der Waals surface area contributed by atoms with Crippen molar-refractivity contribution in [2.75, 3.05) is 12.0 Å². The van der Waals surface area contributed by atoms with Crippen LogP contribution in [0.2, 0.25) is 0 Å². The van der Waals surface area contributed by atoms with E-state index in [0.29, 0.717) is 6.54 Å². The SMILES string of the molecule is COc1cc(N(Cc2ccccc2)C(=O)C(C)C)c(Br)cc1C. The molecule has 4 heteroatoms. The van der Waals surface area contributed by atoms with Crippen LogP contribution in [0, 0.1) is 12.8 Å². The summed E-state index contributed by atoms with van der Waals surface area (Å²) in [5.74, 6) is 0.774. The highest BCUT2D eigenvalue weighted by molar-refractivity contribution is 9.10. The number of rotatable bonds is 5. The highest BCUT2D eigenvalue weighted by atomic mass is 79.9. The summed E-state index contributed by atoms with van der Waals surface area (Å²) in [5, 5.41) is 0. The molecule has 0 aliphatic carbocycles. The second kappa shape index (κ2) is 7.64. The molecule has 0 heterocycles. The molecule has 0 aromatic heterocycles. The number of methoxy groups -OCH3 is 1. The van der Waals surface area contributed by atoms with Gasteiger partial charge in [0.25, 0.3) is 0 Å². The number of aryl methyl sites for hydroxylation is 1. The van der Waals surface area contributed by atoms with Crippen LogP contribution < -0.4 is 9.64 Å². The van der Waals surface area contributed by atoms with Crippen LogP contribution in [0.4, 0.5) is 5.69 Å². The fourth-order valence-electron chi connectivity index (χ4n) is 2.43. The van der Waals surface area contributed by atoms with Gasteiger partial charge in [0.2, 0.25) is 5.91 Å². The van der Waals surface area contributed by atoms with Crippen LogP contribution in [0.25, 0.3) is 0 Å². The average Bonchev–Trinajstić information content (AvgIpc) is 2.53. The summed E-state index contributed by atoms with van der Waals surface area (Å²) < 4.78 is 6.31. The highest BCUT2D eigenvalue weighted by Crippen LogP contribution is 2.35. The lowest BCUT2D eigenvalue weighted by atomic mass is 10.1. The Labute approximate surface area is 146 Å². The van der Waals surface area contributed by atoms with Crippen LogP contribution in [0.3, 0.4) is 0 Å². The number of benzene rings is 2. The summed E-state index contributed by atoms with van der Waals surface area (Å²) in [4.78, 5) is 14.6. The van der Waals surface area contributed by atoms with E-state index in [4.69, 9.17) is 4.74 Å². The zero-order valence-corrected chi connectivity index (χ0v) is 15.6. The van der Waals surface area contributed by atoms with Crippen molar-refractivity contribution in [1.82, 2.24) is 0 Å². The predicted octanol–water partition coefficient (Wildman–Crippen LogP) is 4.96. The van der Waals surface area contributed by atoms with Gasteiger partial charge in [-0.2, -0.15) is 0 Å². The molecule has 23 heavy (non-hydrogen) atoms. The number of nitrogens with zero attached hydrogens (tertiary/aromatic N) is 1. The first-order valence-electron chi connectivity index (χ1n) is 7.63. The van der Waals surface area contributed by atoms with E-state index in [0.717, 1.165) is 27.0 Å². The number of halogens is 1. The Kier molecular flexibility index (Phi) is 5.83. The Morgan fingerprint density at radius 1 is 1.22 bits per heavy atom. The van der Waals surface area contributed by atoms with E-state index >= 15 is 0 Å². The maximum atomic E-state index is 12.7. The largest absolute Gasteiger partial charge is 0.496 e. The minimum atomic E-state index is -0.0853. The first-order chi connectivity index (χ1) is 10.9. The Morgan fingerprint density at radius 2 is 1.87 bits per heavy atom. The van der Waals surface area contributed by atoms with Crippen molar-refractivity contribution in [3.05, 3.63) is 58.1 Å². The van der Waals surface area contributed by atoms with Crippen LogP contribution in [0.5, 0.6) is 5.75 Å². The molecule has 0 N–H and O–H groups in total. The zero-order chi connectivity index (χ0) is 17.0. The number of anilines is 1. The first kappa shape index (κ1) is 17.5. The van der Waals surface area contributed by atoms with Crippen LogP contribution in [-0.4, -0.2) is 13.0 Å². The van der Waals surface area contributed by atoms with Crippen molar-refractivity contribution in [2.24, 2.45) is 5.92 Å². The van der Waals surface area contributed by atoms with Gasteiger partial charge in [0.15, 0.2) is 0 Å². The summed E-state index contributed by atoms with van der Waals surface area (Å²) >= 11 is 3.59. The average molecular weight is 376 g/mol. The molecular formula is C19H22BrNO2. The van der Waals surface area contributed by atoms with E-state index in [1.54, 1.807) is 7.11 Å². The fourth-order valence-corrected chi connectivity index (χ4v) is 3.10. The first-order valence-corrected chi connectivity index (χ1v) is 8.42. The second-order valence-electron chi connectivity index (χ2n) is 5.84. The molecule has 2 aromatic carbocycles. The Bertz CT molecular complexity index is 683. The van der Waals surface area contributed by atoms with Crippen LogP contribution >= 0.6 is 15.9 Å². The van der Waals surface area contributed by atoms with Crippen molar-refractivity contribution in [2.45, 2.75) is 27.3 Å². The zero-order valence-electron chi connectivity index (χ0n) is 14.0. The van der Waals surface area contributed by atoms with E-state index in [2.05, 4.69) is 15.9 Å². The monoisotopic (exact) mass is 375 g/mol. The molecule has 0 saturated carbocycles. The third-order valence-electron chi connectivity index (χ3n) is 3.70. The van der Waals surface area contributed by atoms with Gasteiger partial charge in [-0.05, 0) is 40.0 Å². The molecule has 0 bridgehead atoms. The van der Waals surface area contributed by atoms with Gasteiger partial charge in [-0.3, -0.25) is 4.79 Å². The molecule has 1 amide bonds. The Morgan fingerprint density at radius 3 is 2.43 bits per heavy atom. The summed E-state index contributed by atoms with van der Waals surface area (Å²) in [6, 6.07) is 13.9. The maximum Gasteiger partial charge on any atom is 0.229 e. The summed E-state index contributed by atoms with van der Waals surface area (Å²) in [6.45, 7) is 6.35. The summed E-state index contributed by atoms with van der Waals surface area (Å²) in [5.41, 5.74) is 2.95. The van der Waals surface area contributed by atoms with E-state index < -0.39 is 0 Å². The predicted molar refractivity (Wildman–Crippen MR) is 97.9 cm³/mol. The molecule has 122 valence electrons. The van der Waals surface area contributed by atoms with Gasteiger partial charge >= 0.3 is 0 Å². The lowest BCUT2D eigenvalue weighted by Crippen LogP contribution is -2.34. The molecule has 0 atom stereocenters. The summed E-state index contributed by atoms with van der Waals surface area (Å²) in [7, 11) is 1.64. The molecule has 0 unspecified atom stereocenters. The lowest BCUT2D eigenvalue weighted by Gasteiger charge is -2.27. The van der Waals surface area contributed by atoms with Gasteiger partial charge in [-0.1, -0.05) is 44.2 Å². The minimum absolute atomic E-state index is 0.0838. The Balaban J connectivity index is 2.47. The van der Waals surface area contributed by atoms with Crippen LogP contribution in [0.1, 0.15) is 25.0 Å². The molecule has 3 nitrogen and oxygen atoms in total. The number of carbonyl (C=O) groups excluding carboxylic acids is 1. The van der Waals surface area contributed by atoms with Gasteiger partial charge in [0.1, 0.15) is 5.75 Å². The normalized spacial score (nSPS) is 10.7. The van der Waals surface area contributed by atoms with Gasteiger partial charge in [0, 0.05) is 16.5 Å². The quantitative estimate of drug-likeness (QED) is 0.739. The number of ether oxygens (including phenoxy) is 1. The van der Waals surface area contributed by atoms with E-state index in [9.17, 15) is 4.79 Å². The number of hydrogen-bond acceptors (Lipinski definition) is 2.